The van der Waals surface area contributed by atoms with Crippen LogP contribution >= 0.6 is 23.2 Å². The number of carbonyl (C=O) groups excluding carboxylic acids is 1. The molecule has 3 atom stereocenters. The van der Waals surface area contributed by atoms with Crippen LogP contribution in [-0.4, -0.2) is 43.0 Å². The maximum Gasteiger partial charge on any atom is 0.263 e. The first-order valence-electron chi connectivity index (χ1n) is 10.8. The van der Waals surface area contributed by atoms with Crippen molar-refractivity contribution in [1.29, 1.82) is 0 Å². The second kappa shape index (κ2) is 9.14. The Kier molecular flexibility index (Phi) is 6.71. The molecule has 0 radical (unpaired) electrons. The summed E-state index contributed by atoms with van der Waals surface area (Å²) in [4.78, 5) is 19.5. The van der Waals surface area contributed by atoms with E-state index in [1.165, 1.54) is 18.3 Å². The molecule has 0 unspecified atom stereocenters. The third-order valence-corrected chi connectivity index (χ3v) is 7.75. The molecule has 0 aliphatic carbocycles. The minimum Gasteiger partial charge on any atom is -0.476 e. The van der Waals surface area contributed by atoms with Gasteiger partial charge in [0.1, 0.15) is 22.3 Å². The number of pyridine rings is 1. The van der Waals surface area contributed by atoms with E-state index in [4.69, 9.17) is 33.1 Å². The van der Waals surface area contributed by atoms with Gasteiger partial charge in [0.05, 0.1) is 10.0 Å². The zero-order valence-corrected chi connectivity index (χ0v) is 20.9. The van der Waals surface area contributed by atoms with Crippen LogP contribution in [0.3, 0.4) is 0 Å². The number of nitrogens with zero attached hydrogens (tertiary/aromatic N) is 2. The molecule has 1 aromatic carbocycles. The second-order valence-electron chi connectivity index (χ2n) is 9.14. The number of anilines is 1. The van der Waals surface area contributed by atoms with E-state index < -0.39 is 21.4 Å². The molecule has 12 heteroatoms. The summed E-state index contributed by atoms with van der Waals surface area (Å²) < 4.78 is 42.6. The molecule has 1 aromatic heterocycles. The van der Waals surface area contributed by atoms with Crippen LogP contribution in [0.4, 0.5) is 10.2 Å². The van der Waals surface area contributed by atoms with Gasteiger partial charge in [0.25, 0.3) is 5.91 Å². The van der Waals surface area contributed by atoms with Crippen LogP contribution in [-0.2, 0) is 14.8 Å². The van der Waals surface area contributed by atoms with Crippen molar-refractivity contribution in [2.45, 2.75) is 68.2 Å². The quantitative estimate of drug-likeness (QED) is 0.550. The van der Waals surface area contributed by atoms with Crippen LogP contribution in [0.15, 0.2) is 35.4 Å². The van der Waals surface area contributed by atoms with Gasteiger partial charge in [-0.05, 0) is 57.7 Å². The molecule has 34 heavy (non-hydrogen) atoms. The summed E-state index contributed by atoms with van der Waals surface area (Å²) in [6.45, 7) is 3.18. The Balaban J connectivity index is 1.42. The van der Waals surface area contributed by atoms with E-state index >= 15 is 0 Å². The lowest BCUT2D eigenvalue weighted by Gasteiger charge is -2.40. The van der Waals surface area contributed by atoms with Gasteiger partial charge in [-0.15, -0.1) is 0 Å². The molecule has 3 heterocycles. The van der Waals surface area contributed by atoms with Gasteiger partial charge in [0, 0.05) is 30.4 Å². The number of nitrogens with two attached hydrogens (primary N) is 1. The Bertz CT molecular complexity index is 1200. The molecule has 0 saturated carbocycles. The summed E-state index contributed by atoms with van der Waals surface area (Å²) in [7, 11) is -3.80. The fraction of sp³-hybridized carbons (Fsp3) is 0.455. The average molecular weight is 531 g/mol. The predicted octanol–water partition coefficient (Wildman–Crippen LogP) is 3.65. The van der Waals surface area contributed by atoms with Crippen molar-refractivity contribution < 1.29 is 22.3 Å². The van der Waals surface area contributed by atoms with Crippen LogP contribution < -0.4 is 20.1 Å². The number of hydrogen-bond acceptors (Lipinski definition) is 6. The topological polar surface area (TPSA) is 115 Å². The molecule has 2 aliphatic rings. The highest BCUT2D eigenvalue weighted by Gasteiger charge is 2.43. The van der Waals surface area contributed by atoms with E-state index in [9.17, 15) is 17.6 Å². The number of carbonyl (C=O) groups is 1. The lowest BCUT2D eigenvalue weighted by atomic mass is 9.96. The Morgan fingerprint density at radius 1 is 1.21 bits per heavy atom. The molecule has 3 N–H and O–H groups in total. The predicted molar refractivity (Wildman–Crippen MR) is 127 cm³/mol. The van der Waals surface area contributed by atoms with Gasteiger partial charge in [-0.3, -0.25) is 4.79 Å². The Morgan fingerprint density at radius 2 is 1.85 bits per heavy atom. The molecule has 2 aromatic rings. The minimum absolute atomic E-state index is 0.0337. The number of nitrogens with one attached hydrogen (secondary N) is 1. The summed E-state index contributed by atoms with van der Waals surface area (Å²) in [5.41, 5.74) is -1.30. The molecule has 2 fully saturated rings. The van der Waals surface area contributed by atoms with E-state index in [2.05, 4.69) is 15.2 Å². The smallest absolute Gasteiger partial charge is 0.263 e. The van der Waals surface area contributed by atoms with Gasteiger partial charge in [-0.2, -0.15) is 0 Å². The molecule has 2 bridgehead atoms. The van der Waals surface area contributed by atoms with Gasteiger partial charge in [-0.1, -0.05) is 23.2 Å². The largest absolute Gasteiger partial charge is 0.476 e. The van der Waals surface area contributed by atoms with E-state index in [0.717, 1.165) is 18.9 Å². The number of sulfonamides is 1. The summed E-state index contributed by atoms with van der Waals surface area (Å²) in [6, 6.07) is 5.64. The van der Waals surface area contributed by atoms with Crippen molar-refractivity contribution in [3.63, 3.8) is 0 Å². The van der Waals surface area contributed by atoms with Crippen molar-refractivity contribution in [3.05, 3.63) is 46.3 Å². The zero-order valence-electron chi connectivity index (χ0n) is 18.6. The number of benzene rings is 1. The van der Waals surface area contributed by atoms with Crippen LogP contribution in [0.25, 0.3) is 0 Å². The Morgan fingerprint density at radius 3 is 2.41 bits per heavy atom. The van der Waals surface area contributed by atoms with Gasteiger partial charge in [0.15, 0.2) is 5.60 Å². The monoisotopic (exact) mass is 530 g/mol. The SMILES string of the molecule is CC(C)(Oc1cc(F)c(Cl)cc1Cl)C(=O)N[C@H]1C[C@H]2CC[C@@H](C1)N2c1ccc(S(N)(=O)=O)cn1. The number of fused-ring (bicyclic) bond motifs is 2. The standard InChI is InChI=1S/C22H25Cl2FN4O4S/c1-22(2,33-19-10-18(25)16(23)9-17(19)24)21(30)28-12-7-13-3-4-14(8-12)29(13)20-6-5-15(11-27-20)34(26,31)32/h5-6,9-14H,3-4,7-8H2,1-2H3,(H,28,30)(H2,26,31,32)/t12-,13+,14-. The molecule has 8 nitrogen and oxygen atoms in total. The molecule has 4 rings (SSSR count). The lowest BCUT2D eigenvalue weighted by Crippen LogP contribution is -2.55. The van der Waals surface area contributed by atoms with Crippen molar-refractivity contribution in [2.24, 2.45) is 5.14 Å². The van der Waals surface area contributed by atoms with E-state index in [1.807, 2.05) is 0 Å². The average Bonchev–Trinajstić information content (AvgIpc) is 3.01. The van der Waals surface area contributed by atoms with E-state index in [0.29, 0.717) is 18.7 Å². The van der Waals surface area contributed by atoms with E-state index in [-0.39, 0.29) is 44.7 Å². The first kappa shape index (κ1) is 25.0. The summed E-state index contributed by atoms with van der Waals surface area (Å²) in [5.74, 6) is -0.306. The molecule has 0 spiro atoms. The number of piperidine rings is 1. The van der Waals surface area contributed by atoms with Gasteiger partial charge >= 0.3 is 0 Å². The first-order chi connectivity index (χ1) is 15.8. The number of ether oxygens (including phenoxy) is 1. The number of primary sulfonamides is 1. The van der Waals surface area contributed by atoms with Crippen LogP contribution in [0, 0.1) is 5.82 Å². The molecular formula is C22H25Cl2FN4O4S. The van der Waals surface area contributed by atoms with Crippen molar-refractivity contribution in [3.8, 4) is 5.75 Å². The van der Waals surface area contributed by atoms with Crippen molar-refractivity contribution >= 4 is 45.0 Å². The Hall–Kier alpha value is -2.14. The molecule has 2 saturated heterocycles. The second-order valence-corrected chi connectivity index (χ2v) is 11.5. The maximum absolute atomic E-state index is 13.8. The number of amides is 1. The normalized spacial score (nSPS) is 22.5. The van der Waals surface area contributed by atoms with Crippen LogP contribution in [0.5, 0.6) is 5.75 Å². The highest BCUT2D eigenvalue weighted by Crippen LogP contribution is 2.39. The number of rotatable bonds is 6. The number of halogens is 3. The van der Waals surface area contributed by atoms with Gasteiger partial charge in [-0.25, -0.2) is 22.9 Å². The first-order valence-corrected chi connectivity index (χ1v) is 13.1. The maximum atomic E-state index is 13.8. The third-order valence-electron chi connectivity index (χ3n) is 6.27. The van der Waals surface area contributed by atoms with Gasteiger partial charge < -0.3 is 15.0 Å². The molecular weight excluding hydrogens is 506 g/mol. The third kappa shape index (κ3) is 5.10. The summed E-state index contributed by atoms with van der Waals surface area (Å²) in [5, 5.41) is 8.20. The minimum atomic E-state index is -3.80. The number of aromatic nitrogens is 1. The molecule has 184 valence electrons. The highest BCUT2D eigenvalue weighted by atomic mass is 35.5. The van der Waals surface area contributed by atoms with E-state index in [1.54, 1.807) is 19.9 Å². The van der Waals surface area contributed by atoms with Gasteiger partial charge in [0.2, 0.25) is 10.0 Å². The summed E-state index contributed by atoms with van der Waals surface area (Å²) in [6.07, 6.45) is 4.55. The van der Waals surface area contributed by atoms with Crippen LogP contribution in [0.1, 0.15) is 39.5 Å². The number of hydrogen-bond donors (Lipinski definition) is 2. The summed E-state index contributed by atoms with van der Waals surface area (Å²) >= 11 is 11.8. The van der Waals surface area contributed by atoms with Crippen molar-refractivity contribution in [1.82, 2.24) is 10.3 Å². The fourth-order valence-electron chi connectivity index (χ4n) is 4.63. The lowest BCUT2D eigenvalue weighted by molar-refractivity contribution is -0.135. The molecule has 2 aliphatic heterocycles. The van der Waals surface area contributed by atoms with Crippen LogP contribution in [0.2, 0.25) is 10.0 Å². The van der Waals surface area contributed by atoms with Crippen molar-refractivity contribution in [2.75, 3.05) is 4.90 Å². The fourth-order valence-corrected chi connectivity index (χ4v) is 5.50. The highest BCUT2D eigenvalue weighted by molar-refractivity contribution is 7.89. The Labute approximate surface area is 207 Å². The molecule has 1 amide bonds. The zero-order chi connectivity index (χ0) is 24.8.